The molecule has 1 saturated heterocycles. The molecular formula is C26H26F4N8O. The standard InChI is InChI=1S/C26H26F4N8O/c1-39-21-6-2-5-18(27)24(21)25-19(32)7-8-22(36-25)35-23-10-20(37-9-3-4-16(31)14-37)17(12-33-23)15-11-34-38(13-15)26(28,29)30/h2,5-8,10-13,16H,3-4,9,14,31-32H2,1H3,(H,33,35,36)/t16-/m0/s1. The molecule has 5 rings (SSSR count). The molecule has 0 radical (unpaired) electrons. The van der Waals surface area contributed by atoms with Crippen LogP contribution in [0.2, 0.25) is 0 Å². The van der Waals surface area contributed by atoms with Gasteiger partial charge in [-0.2, -0.15) is 9.78 Å². The maximum atomic E-state index is 14.7. The van der Waals surface area contributed by atoms with Crippen LogP contribution in [0.3, 0.4) is 0 Å². The Balaban J connectivity index is 1.53. The molecule has 4 heterocycles. The summed E-state index contributed by atoms with van der Waals surface area (Å²) < 4.78 is 59.5. The average Bonchev–Trinajstić information content (AvgIpc) is 3.41. The largest absolute Gasteiger partial charge is 0.504 e. The van der Waals surface area contributed by atoms with Crippen LogP contribution in [0.4, 0.5) is 40.6 Å². The number of halogens is 4. The SMILES string of the molecule is COc1cccc(F)c1-c1nc(Nc2cc(N3CCC[C@H](N)C3)c(-c3cnn(C(F)(F)F)c3)cn2)ccc1N. The van der Waals surface area contributed by atoms with E-state index in [1.165, 1.54) is 25.4 Å². The highest BCUT2D eigenvalue weighted by atomic mass is 19.4. The molecule has 0 aliphatic carbocycles. The predicted molar refractivity (Wildman–Crippen MR) is 140 cm³/mol. The number of benzene rings is 1. The number of pyridine rings is 2. The first-order chi connectivity index (χ1) is 18.6. The van der Waals surface area contributed by atoms with Crippen molar-refractivity contribution >= 4 is 23.0 Å². The highest BCUT2D eigenvalue weighted by Crippen LogP contribution is 2.37. The van der Waals surface area contributed by atoms with Crippen molar-refractivity contribution < 1.29 is 22.3 Å². The lowest BCUT2D eigenvalue weighted by molar-refractivity contribution is -0.212. The zero-order valence-corrected chi connectivity index (χ0v) is 20.9. The molecule has 204 valence electrons. The lowest BCUT2D eigenvalue weighted by Gasteiger charge is -2.34. The van der Waals surface area contributed by atoms with Crippen molar-refractivity contribution in [3.8, 4) is 28.1 Å². The number of anilines is 4. The number of hydrogen-bond acceptors (Lipinski definition) is 8. The predicted octanol–water partition coefficient (Wildman–Crippen LogP) is 4.88. The average molecular weight is 543 g/mol. The number of methoxy groups -OCH3 is 1. The summed E-state index contributed by atoms with van der Waals surface area (Å²) in [5, 5.41) is 6.56. The Hall–Kier alpha value is -4.39. The Morgan fingerprint density at radius 1 is 1.13 bits per heavy atom. The number of ether oxygens (including phenoxy) is 1. The second kappa shape index (κ2) is 10.4. The van der Waals surface area contributed by atoms with Crippen molar-refractivity contribution in [3.63, 3.8) is 0 Å². The molecule has 1 atom stereocenters. The number of alkyl halides is 3. The van der Waals surface area contributed by atoms with Crippen LogP contribution in [-0.4, -0.2) is 46.0 Å². The van der Waals surface area contributed by atoms with E-state index in [4.69, 9.17) is 16.2 Å². The number of nitrogens with two attached hydrogens (primary N) is 2. The summed E-state index contributed by atoms with van der Waals surface area (Å²) >= 11 is 0. The van der Waals surface area contributed by atoms with E-state index in [-0.39, 0.29) is 39.0 Å². The molecule has 39 heavy (non-hydrogen) atoms. The van der Waals surface area contributed by atoms with Crippen molar-refractivity contribution in [1.29, 1.82) is 0 Å². The Morgan fingerprint density at radius 2 is 1.95 bits per heavy atom. The van der Waals surface area contributed by atoms with Crippen LogP contribution in [0.15, 0.2) is 55.0 Å². The Kier molecular flexibility index (Phi) is 7.00. The van der Waals surface area contributed by atoms with Crippen molar-refractivity contribution in [2.45, 2.75) is 25.2 Å². The molecule has 9 nitrogen and oxygen atoms in total. The molecular weight excluding hydrogens is 516 g/mol. The molecule has 0 amide bonds. The quantitative estimate of drug-likeness (QED) is 0.295. The molecule has 0 saturated carbocycles. The van der Waals surface area contributed by atoms with Crippen molar-refractivity contribution in [1.82, 2.24) is 19.7 Å². The minimum absolute atomic E-state index is 0.0446. The van der Waals surface area contributed by atoms with Gasteiger partial charge in [0.25, 0.3) is 0 Å². The molecule has 1 aliphatic rings. The third-order valence-corrected chi connectivity index (χ3v) is 6.45. The molecule has 1 aliphatic heterocycles. The van der Waals surface area contributed by atoms with Crippen LogP contribution in [0, 0.1) is 5.82 Å². The third-order valence-electron chi connectivity index (χ3n) is 6.45. The van der Waals surface area contributed by atoms with E-state index >= 15 is 0 Å². The van der Waals surface area contributed by atoms with E-state index in [0.717, 1.165) is 25.2 Å². The number of piperidine rings is 1. The number of rotatable bonds is 6. The summed E-state index contributed by atoms with van der Waals surface area (Å²) in [6, 6.07) is 9.26. The van der Waals surface area contributed by atoms with Crippen molar-refractivity contribution in [2.24, 2.45) is 5.73 Å². The first-order valence-corrected chi connectivity index (χ1v) is 12.1. The first kappa shape index (κ1) is 26.2. The zero-order valence-electron chi connectivity index (χ0n) is 20.9. The molecule has 5 N–H and O–H groups in total. The fourth-order valence-corrected chi connectivity index (χ4v) is 4.60. The van der Waals surface area contributed by atoms with E-state index in [1.54, 1.807) is 24.3 Å². The summed E-state index contributed by atoms with van der Waals surface area (Å²) in [6.45, 7) is 1.20. The summed E-state index contributed by atoms with van der Waals surface area (Å²) in [4.78, 5) is 10.9. The number of nitrogens with zero attached hydrogens (tertiary/aromatic N) is 5. The molecule has 1 fully saturated rings. The summed E-state index contributed by atoms with van der Waals surface area (Å²) in [5.41, 5.74) is 14.3. The van der Waals surface area contributed by atoms with Crippen LogP contribution in [0.25, 0.3) is 22.4 Å². The van der Waals surface area contributed by atoms with Crippen molar-refractivity contribution in [2.75, 3.05) is 36.1 Å². The maximum Gasteiger partial charge on any atom is 0.504 e. The highest BCUT2D eigenvalue weighted by Gasteiger charge is 2.32. The van der Waals surface area contributed by atoms with E-state index in [9.17, 15) is 17.6 Å². The summed E-state index contributed by atoms with van der Waals surface area (Å²) in [5.74, 6) is 0.434. The summed E-state index contributed by atoms with van der Waals surface area (Å²) in [6.07, 6.45) is 0.605. The monoisotopic (exact) mass is 542 g/mol. The van der Waals surface area contributed by atoms with Gasteiger partial charge in [-0.1, -0.05) is 6.07 Å². The smallest absolute Gasteiger partial charge is 0.496 e. The van der Waals surface area contributed by atoms with Crippen LogP contribution in [0.5, 0.6) is 5.75 Å². The maximum absolute atomic E-state index is 14.7. The molecule has 0 spiro atoms. The van der Waals surface area contributed by atoms with Crippen LogP contribution >= 0.6 is 0 Å². The summed E-state index contributed by atoms with van der Waals surface area (Å²) in [7, 11) is 1.43. The second-order valence-electron chi connectivity index (χ2n) is 9.15. The first-order valence-electron chi connectivity index (χ1n) is 12.1. The molecule has 4 aromatic rings. The fourth-order valence-electron chi connectivity index (χ4n) is 4.60. The van der Waals surface area contributed by atoms with Crippen LogP contribution < -0.4 is 26.4 Å². The second-order valence-corrected chi connectivity index (χ2v) is 9.15. The van der Waals surface area contributed by atoms with Gasteiger partial charge in [0.2, 0.25) is 0 Å². The third kappa shape index (κ3) is 5.43. The molecule has 0 bridgehead atoms. The van der Waals surface area contributed by atoms with Crippen molar-refractivity contribution in [3.05, 3.63) is 60.8 Å². The van der Waals surface area contributed by atoms with Gasteiger partial charge in [-0.05, 0) is 37.1 Å². The van der Waals surface area contributed by atoms with Gasteiger partial charge in [0.05, 0.1) is 24.6 Å². The number of nitrogens with one attached hydrogen (secondary N) is 1. The van der Waals surface area contributed by atoms with E-state index in [2.05, 4.69) is 20.4 Å². The molecule has 1 aromatic carbocycles. The van der Waals surface area contributed by atoms with Gasteiger partial charge in [0.15, 0.2) is 0 Å². The topological polar surface area (TPSA) is 120 Å². The van der Waals surface area contributed by atoms with Gasteiger partial charge in [-0.15, -0.1) is 13.2 Å². The van der Waals surface area contributed by atoms with Crippen LogP contribution in [0.1, 0.15) is 12.8 Å². The normalized spacial score (nSPS) is 15.8. The van der Waals surface area contributed by atoms with E-state index in [1.807, 2.05) is 4.90 Å². The zero-order chi connectivity index (χ0) is 27.7. The van der Waals surface area contributed by atoms with Gasteiger partial charge in [0, 0.05) is 54.4 Å². The van der Waals surface area contributed by atoms with E-state index in [0.29, 0.717) is 36.0 Å². The Bertz CT molecular complexity index is 1490. The molecule has 13 heteroatoms. The van der Waals surface area contributed by atoms with Gasteiger partial charge in [-0.3, -0.25) is 0 Å². The number of nitrogen functional groups attached to an aromatic ring is 1. The Labute approximate surface area is 221 Å². The number of aromatic nitrogens is 4. The minimum atomic E-state index is -4.64. The minimum Gasteiger partial charge on any atom is -0.496 e. The number of hydrogen-bond donors (Lipinski definition) is 3. The molecule has 3 aromatic heterocycles. The molecule has 0 unspecified atom stereocenters. The van der Waals surface area contributed by atoms with Gasteiger partial charge < -0.3 is 26.4 Å². The van der Waals surface area contributed by atoms with Crippen LogP contribution in [-0.2, 0) is 6.30 Å². The fraction of sp³-hybridized carbons (Fsp3) is 0.269. The van der Waals surface area contributed by atoms with Gasteiger partial charge in [0.1, 0.15) is 28.9 Å². The lowest BCUT2D eigenvalue weighted by atomic mass is 10.0. The van der Waals surface area contributed by atoms with Gasteiger partial charge in [-0.25, -0.2) is 14.4 Å². The van der Waals surface area contributed by atoms with E-state index < -0.39 is 12.1 Å². The lowest BCUT2D eigenvalue weighted by Crippen LogP contribution is -2.43. The van der Waals surface area contributed by atoms with Gasteiger partial charge >= 0.3 is 6.30 Å². The highest BCUT2D eigenvalue weighted by molar-refractivity contribution is 5.82. The Morgan fingerprint density at radius 3 is 2.67 bits per heavy atom.